The van der Waals surface area contributed by atoms with Crippen molar-refractivity contribution in [1.29, 1.82) is 0 Å². The molecule has 1 aromatic rings. The highest BCUT2D eigenvalue weighted by atomic mass is 16.6. The van der Waals surface area contributed by atoms with Gasteiger partial charge >= 0.3 is 5.97 Å². The van der Waals surface area contributed by atoms with Gasteiger partial charge in [0.25, 0.3) is 0 Å². The molecule has 0 atom stereocenters. The first-order valence-corrected chi connectivity index (χ1v) is 6.85. The summed E-state index contributed by atoms with van der Waals surface area (Å²) in [6.45, 7) is 0.596. The monoisotopic (exact) mass is 263 g/mol. The van der Waals surface area contributed by atoms with Gasteiger partial charge in [-0.15, -0.1) is 0 Å². The van der Waals surface area contributed by atoms with Gasteiger partial charge in [0.1, 0.15) is 24.5 Å². The predicted octanol–water partition coefficient (Wildman–Crippen LogP) is 2.27. The Kier molecular flexibility index (Phi) is 4.80. The van der Waals surface area contributed by atoms with E-state index in [1.165, 1.54) is 0 Å². The van der Waals surface area contributed by atoms with Gasteiger partial charge in [0.05, 0.1) is 0 Å². The second-order valence-electron chi connectivity index (χ2n) is 5.01. The Balaban J connectivity index is 1.69. The van der Waals surface area contributed by atoms with Crippen LogP contribution >= 0.6 is 0 Å². The molecule has 4 nitrogen and oxygen atoms in total. The van der Waals surface area contributed by atoms with Crippen LogP contribution < -0.4 is 10.5 Å². The van der Waals surface area contributed by atoms with E-state index >= 15 is 0 Å². The number of ether oxygens (including phenoxy) is 2. The van der Waals surface area contributed by atoms with Crippen LogP contribution in [0.25, 0.3) is 0 Å². The molecule has 0 saturated heterocycles. The standard InChI is InChI=1S/C15H21NO3/c16-15(9-5-2-6-10-15)14(17)19-12-11-18-13-7-3-1-4-8-13/h1,3-4,7-8H,2,5-6,9-12,16H2. The van der Waals surface area contributed by atoms with E-state index < -0.39 is 5.54 Å². The van der Waals surface area contributed by atoms with E-state index in [0.29, 0.717) is 6.61 Å². The van der Waals surface area contributed by atoms with Crippen molar-refractivity contribution in [2.24, 2.45) is 5.73 Å². The molecule has 1 aliphatic carbocycles. The minimum atomic E-state index is -0.773. The molecule has 1 aliphatic rings. The van der Waals surface area contributed by atoms with Gasteiger partial charge in [0.2, 0.25) is 0 Å². The van der Waals surface area contributed by atoms with Gasteiger partial charge in [0.15, 0.2) is 0 Å². The van der Waals surface area contributed by atoms with Gasteiger partial charge in [-0.1, -0.05) is 37.5 Å². The highest BCUT2D eigenvalue weighted by Crippen LogP contribution is 2.26. The fourth-order valence-electron chi connectivity index (χ4n) is 2.34. The van der Waals surface area contributed by atoms with Gasteiger partial charge in [-0.3, -0.25) is 4.79 Å². The van der Waals surface area contributed by atoms with Gasteiger partial charge in [0, 0.05) is 0 Å². The quantitative estimate of drug-likeness (QED) is 0.654. The van der Waals surface area contributed by atoms with E-state index in [1.807, 2.05) is 30.3 Å². The third-order valence-electron chi connectivity index (χ3n) is 3.48. The van der Waals surface area contributed by atoms with Gasteiger partial charge < -0.3 is 15.2 Å². The maximum absolute atomic E-state index is 11.9. The number of esters is 1. The summed E-state index contributed by atoms with van der Waals surface area (Å²) in [6.07, 6.45) is 4.62. The van der Waals surface area contributed by atoms with Crippen LogP contribution in [0.15, 0.2) is 30.3 Å². The third kappa shape index (κ3) is 3.96. The summed E-state index contributed by atoms with van der Waals surface area (Å²) in [5.41, 5.74) is 5.31. The molecule has 2 N–H and O–H groups in total. The second-order valence-corrected chi connectivity index (χ2v) is 5.01. The van der Waals surface area contributed by atoms with Crippen LogP contribution in [0.3, 0.4) is 0 Å². The molecule has 0 bridgehead atoms. The number of para-hydroxylation sites is 1. The zero-order valence-electron chi connectivity index (χ0n) is 11.1. The zero-order chi connectivity index (χ0) is 13.6. The van der Waals surface area contributed by atoms with Crippen LogP contribution in [-0.2, 0) is 9.53 Å². The lowest BCUT2D eigenvalue weighted by Crippen LogP contribution is -2.50. The first-order chi connectivity index (χ1) is 9.21. The van der Waals surface area contributed by atoms with Crippen LogP contribution in [-0.4, -0.2) is 24.7 Å². The SMILES string of the molecule is NC1(C(=O)OCCOc2ccccc2)CCCCC1. The fourth-order valence-corrected chi connectivity index (χ4v) is 2.34. The van der Waals surface area contributed by atoms with Crippen molar-refractivity contribution in [3.63, 3.8) is 0 Å². The summed E-state index contributed by atoms with van der Waals surface area (Å²) in [6, 6.07) is 9.46. The molecule has 0 heterocycles. The number of hydrogen-bond donors (Lipinski definition) is 1. The van der Waals surface area contributed by atoms with Crippen LogP contribution in [0.5, 0.6) is 5.75 Å². The van der Waals surface area contributed by atoms with Crippen LogP contribution in [0.1, 0.15) is 32.1 Å². The summed E-state index contributed by atoms with van der Waals surface area (Å²) in [5, 5.41) is 0. The summed E-state index contributed by atoms with van der Waals surface area (Å²) < 4.78 is 10.7. The molecule has 104 valence electrons. The topological polar surface area (TPSA) is 61.6 Å². The number of hydrogen-bond acceptors (Lipinski definition) is 4. The summed E-state index contributed by atoms with van der Waals surface area (Å²) in [5.74, 6) is 0.488. The van der Waals surface area contributed by atoms with Gasteiger partial charge in [-0.25, -0.2) is 0 Å². The van der Waals surface area contributed by atoms with E-state index in [-0.39, 0.29) is 12.6 Å². The van der Waals surface area contributed by atoms with Crippen molar-refractivity contribution in [2.45, 2.75) is 37.6 Å². The lowest BCUT2D eigenvalue weighted by Gasteiger charge is -2.30. The Hall–Kier alpha value is -1.55. The Morgan fingerprint density at radius 3 is 2.47 bits per heavy atom. The highest BCUT2D eigenvalue weighted by Gasteiger charge is 2.36. The maximum atomic E-state index is 11.9. The fraction of sp³-hybridized carbons (Fsp3) is 0.533. The Bertz CT molecular complexity index is 399. The third-order valence-corrected chi connectivity index (χ3v) is 3.48. The number of carbonyl (C=O) groups excluding carboxylic acids is 1. The maximum Gasteiger partial charge on any atom is 0.326 e. The van der Waals surface area contributed by atoms with E-state index in [2.05, 4.69) is 0 Å². The van der Waals surface area contributed by atoms with E-state index in [0.717, 1.165) is 37.9 Å². The van der Waals surface area contributed by atoms with E-state index in [4.69, 9.17) is 15.2 Å². The van der Waals surface area contributed by atoms with Crippen molar-refractivity contribution in [2.75, 3.05) is 13.2 Å². The first-order valence-electron chi connectivity index (χ1n) is 6.85. The molecule has 0 aliphatic heterocycles. The van der Waals surface area contributed by atoms with Gasteiger partial charge in [-0.05, 0) is 25.0 Å². The van der Waals surface area contributed by atoms with Crippen LogP contribution in [0.4, 0.5) is 0 Å². The van der Waals surface area contributed by atoms with Crippen molar-refractivity contribution >= 4 is 5.97 Å². The molecule has 0 unspecified atom stereocenters. The normalized spacial score (nSPS) is 17.7. The lowest BCUT2D eigenvalue weighted by atomic mass is 9.83. The molecule has 4 heteroatoms. The Morgan fingerprint density at radius 2 is 1.79 bits per heavy atom. The van der Waals surface area contributed by atoms with Crippen molar-refractivity contribution in [3.05, 3.63) is 30.3 Å². The Morgan fingerprint density at radius 1 is 1.11 bits per heavy atom. The molecular weight excluding hydrogens is 242 g/mol. The minimum Gasteiger partial charge on any atom is -0.490 e. The van der Waals surface area contributed by atoms with Crippen molar-refractivity contribution < 1.29 is 14.3 Å². The zero-order valence-corrected chi connectivity index (χ0v) is 11.1. The number of benzene rings is 1. The molecule has 0 spiro atoms. The average Bonchev–Trinajstić information content (AvgIpc) is 2.45. The minimum absolute atomic E-state index is 0.243. The summed E-state index contributed by atoms with van der Waals surface area (Å²) >= 11 is 0. The highest BCUT2D eigenvalue weighted by molar-refractivity contribution is 5.80. The largest absolute Gasteiger partial charge is 0.490 e. The van der Waals surface area contributed by atoms with Crippen molar-refractivity contribution in [3.8, 4) is 5.75 Å². The Labute approximate surface area is 113 Å². The number of nitrogens with two attached hydrogens (primary N) is 1. The molecule has 0 aromatic heterocycles. The molecular formula is C15H21NO3. The number of rotatable bonds is 5. The second kappa shape index (κ2) is 6.57. The molecule has 1 aromatic carbocycles. The van der Waals surface area contributed by atoms with E-state index in [1.54, 1.807) is 0 Å². The van der Waals surface area contributed by atoms with E-state index in [9.17, 15) is 4.79 Å². The number of carbonyl (C=O) groups is 1. The van der Waals surface area contributed by atoms with Crippen molar-refractivity contribution in [1.82, 2.24) is 0 Å². The molecule has 19 heavy (non-hydrogen) atoms. The van der Waals surface area contributed by atoms with Crippen LogP contribution in [0, 0.1) is 0 Å². The molecule has 2 rings (SSSR count). The predicted molar refractivity (Wildman–Crippen MR) is 72.9 cm³/mol. The smallest absolute Gasteiger partial charge is 0.326 e. The molecule has 1 saturated carbocycles. The average molecular weight is 263 g/mol. The first kappa shape index (κ1) is 13.9. The van der Waals surface area contributed by atoms with Crippen LogP contribution in [0.2, 0.25) is 0 Å². The molecule has 0 amide bonds. The molecule has 0 radical (unpaired) electrons. The summed E-state index contributed by atoms with van der Waals surface area (Å²) in [4.78, 5) is 11.9. The summed E-state index contributed by atoms with van der Waals surface area (Å²) in [7, 11) is 0. The van der Waals surface area contributed by atoms with Gasteiger partial charge in [-0.2, -0.15) is 0 Å². The lowest BCUT2D eigenvalue weighted by molar-refractivity contribution is -0.152. The molecule has 1 fully saturated rings.